The summed E-state index contributed by atoms with van der Waals surface area (Å²) < 4.78 is 6.69. The van der Waals surface area contributed by atoms with Gasteiger partial charge < -0.3 is 9.84 Å². The third kappa shape index (κ3) is 4.77. The fourth-order valence-corrected chi connectivity index (χ4v) is 4.16. The van der Waals surface area contributed by atoms with E-state index in [4.69, 9.17) is 22.1 Å². The van der Waals surface area contributed by atoms with Crippen LogP contribution in [0.3, 0.4) is 0 Å². The van der Waals surface area contributed by atoms with Crippen molar-refractivity contribution in [3.63, 3.8) is 0 Å². The zero-order chi connectivity index (χ0) is 19.4. The number of thiocarbonyl (C=S) groups is 1. The van der Waals surface area contributed by atoms with Gasteiger partial charge in [0.2, 0.25) is 0 Å². The van der Waals surface area contributed by atoms with Gasteiger partial charge >= 0.3 is 5.97 Å². The van der Waals surface area contributed by atoms with Gasteiger partial charge in [-0.3, -0.25) is 14.5 Å². The number of hydrogen-bond acceptors (Lipinski definition) is 5. The van der Waals surface area contributed by atoms with Crippen LogP contribution in [0.4, 0.5) is 5.69 Å². The maximum atomic E-state index is 12.8. The van der Waals surface area contributed by atoms with Gasteiger partial charge in [0.15, 0.2) is 4.32 Å². The van der Waals surface area contributed by atoms with E-state index in [0.717, 1.165) is 10.0 Å². The number of thioether (sulfide) groups is 1. The summed E-state index contributed by atoms with van der Waals surface area (Å²) in [5.74, 6) is -0.553. The maximum Gasteiger partial charge on any atom is 0.306 e. The molecule has 1 saturated heterocycles. The number of benzene rings is 2. The van der Waals surface area contributed by atoms with Crippen molar-refractivity contribution in [1.29, 1.82) is 0 Å². The van der Waals surface area contributed by atoms with Crippen LogP contribution in [0.5, 0.6) is 5.75 Å². The van der Waals surface area contributed by atoms with Crippen LogP contribution in [0.25, 0.3) is 6.08 Å². The molecule has 3 rings (SSSR count). The van der Waals surface area contributed by atoms with Gasteiger partial charge in [-0.25, -0.2) is 0 Å². The summed E-state index contributed by atoms with van der Waals surface area (Å²) in [4.78, 5) is 25.4. The molecule has 5 nitrogen and oxygen atoms in total. The minimum atomic E-state index is -0.915. The number of carbonyl (C=O) groups excluding carboxylic acids is 1. The Hall–Kier alpha value is -2.16. The first kappa shape index (κ1) is 19.6. The van der Waals surface area contributed by atoms with Crippen molar-refractivity contribution in [1.82, 2.24) is 0 Å². The maximum absolute atomic E-state index is 12.8. The molecule has 1 N–H and O–H groups in total. The molecular formula is C19H14BrNO4S2. The summed E-state index contributed by atoms with van der Waals surface area (Å²) >= 11 is 10.1. The van der Waals surface area contributed by atoms with Crippen LogP contribution in [0.1, 0.15) is 12.0 Å². The van der Waals surface area contributed by atoms with Crippen molar-refractivity contribution in [3.8, 4) is 5.75 Å². The molecule has 1 aliphatic rings. The molecule has 0 atom stereocenters. The molecule has 0 spiro atoms. The molecule has 8 heteroatoms. The Bertz CT molecular complexity index is 945. The van der Waals surface area contributed by atoms with E-state index >= 15 is 0 Å². The number of rotatable bonds is 6. The van der Waals surface area contributed by atoms with E-state index in [1.54, 1.807) is 24.3 Å². The molecule has 0 bridgehead atoms. The van der Waals surface area contributed by atoms with E-state index in [2.05, 4.69) is 15.9 Å². The third-order valence-electron chi connectivity index (χ3n) is 3.63. The van der Waals surface area contributed by atoms with E-state index in [9.17, 15) is 9.59 Å². The summed E-state index contributed by atoms with van der Waals surface area (Å²) in [6, 6.07) is 14.5. The molecule has 1 heterocycles. The highest BCUT2D eigenvalue weighted by molar-refractivity contribution is 9.10. The molecule has 2 aromatic carbocycles. The molecule has 1 aliphatic heterocycles. The fourth-order valence-electron chi connectivity index (χ4n) is 2.41. The minimum Gasteiger partial charge on any atom is -0.493 e. The van der Waals surface area contributed by atoms with Crippen LogP contribution in [0.2, 0.25) is 0 Å². The van der Waals surface area contributed by atoms with Gasteiger partial charge in [0.1, 0.15) is 5.75 Å². The van der Waals surface area contributed by atoms with Gasteiger partial charge in [-0.1, -0.05) is 48.2 Å². The molecular weight excluding hydrogens is 450 g/mol. The zero-order valence-electron chi connectivity index (χ0n) is 13.9. The quantitative estimate of drug-likeness (QED) is 0.494. The van der Waals surface area contributed by atoms with Crippen molar-refractivity contribution in [2.75, 3.05) is 11.5 Å². The van der Waals surface area contributed by atoms with Gasteiger partial charge in [-0.2, -0.15) is 0 Å². The molecule has 1 fully saturated rings. The Balaban J connectivity index is 1.80. The van der Waals surface area contributed by atoms with Crippen molar-refractivity contribution in [2.24, 2.45) is 0 Å². The number of carboxylic acid groups (broad SMARTS) is 1. The summed E-state index contributed by atoms with van der Waals surface area (Å²) in [6.45, 7) is 0.0862. The highest BCUT2D eigenvalue weighted by Crippen LogP contribution is 2.38. The Morgan fingerprint density at radius 2 is 2.04 bits per heavy atom. The Morgan fingerprint density at radius 1 is 1.26 bits per heavy atom. The average molecular weight is 464 g/mol. The smallest absolute Gasteiger partial charge is 0.306 e. The Labute approximate surface area is 174 Å². The minimum absolute atomic E-state index is 0.0746. The number of para-hydroxylation sites is 1. The molecule has 0 saturated carbocycles. The lowest BCUT2D eigenvalue weighted by Gasteiger charge is -2.15. The van der Waals surface area contributed by atoms with Crippen molar-refractivity contribution >= 4 is 67.9 Å². The summed E-state index contributed by atoms with van der Waals surface area (Å²) in [5, 5.41) is 8.68. The van der Waals surface area contributed by atoms with Gasteiger partial charge in [0, 0.05) is 4.47 Å². The molecule has 0 aliphatic carbocycles. The number of aliphatic carboxylic acids is 1. The Morgan fingerprint density at radius 3 is 2.78 bits per heavy atom. The summed E-state index contributed by atoms with van der Waals surface area (Å²) in [5.41, 5.74) is 1.48. The lowest BCUT2D eigenvalue weighted by molar-refractivity contribution is -0.137. The molecule has 27 heavy (non-hydrogen) atoms. The van der Waals surface area contributed by atoms with Crippen LogP contribution in [0, 0.1) is 0 Å². The van der Waals surface area contributed by atoms with E-state index < -0.39 is 5.97 Å². The van der Waals surface area contributed by atoms with E-state index in [1.165, 1.54) is 16.7 Å². The largest absolute Gasteiger partial charge is 0.493 e. The van der Waals surface area contributed by atoms with Gasteiger partial charge in [-0.05, 0) is 51.8 Å². The lowest BCUT2D eigenvalue weighted by Crippen LogP contribution is -2.27. The van der Waals surface area contributed by atoms with Gasteiger partial charge in [0.05, 0.1) is 23.6 Å². The summed E-state index contributed by atoms with van der Waals surface area (Å²) in [7, 11) is 0. The third-order valence-corrected chi connectivity index (χ3v) is 5.60. The second kappa shape index (κ2) is 8.69. The molecule has 1 amide bonds. The first-order valence-electron chi connectivity index (χ1n) is 7.93. The molecule has 2 aromatic rings. The number of hydrogen-bond donors (Lipinski definition) is 1. The van der Waals surface area contributed by atoms with E-state index in [1.807, 2.05) is 30.3 Å². The van der Waals surface area contributed by atoms with Crippen molar-refractivity contribution in [3.05, 3.63) is 63.5 Å². The summed E-state index contributed by atoms with van der Waals surface area (Å²) in [6.07, 6.45) is 1.68. The average Bonchev–Trinajstić information content (AvgIpc) is 2.89. The highest BCUT2D eigenvalue weighted by atomic mass is 79.9. The number of anilines is 1. The van der Waals surface area contributed by atoms with Crippen LogP contribution in [-0.2, 0) is 9.59 Å². The van der Waals surface area contributed by atoms with Crippen LogP contribution < -0.4 is 9.64 Å². The van der Waals surface area contributed by atoms with E-state index in [-0.39, 0.29) is 18.9 Å². The first-order chi connectivity index (χ1) is 13.0. The Kier molecular flexibility index (Phi) is 6.30. The predicted octanol–water partition coefficient (Wildman–Crippen LogP) is 4.71. The van der Waals surface area contributed by atoms with Gasteiger partial charge in [0.25, 0.3) is 5.91 Å². The number of nitrogens with zero attached hydrogens (tertiary/aromatic N) is 1. The van der Waals surface area contributed by atoms with Crippen molar-refractivity contribution < 1.29 is 19.4 Å². The van der Waals surface area contributed by atoms with E-state index in [0.29, 0.717) is 20.7 Å². The van der Waals surface area contributed by atoms with Crippen LogP contribution in [0.15, 0.2) is 57.9 Å². The number of halogens is 1. The normalized spacial score (nSPS) is 15.4. The number of carboxylic acids is 1. The standard InChI is InChI=1S/C19H14BrNO4S2/c20-14-6-1-2-7-15(14)21-18(24)16(27-19(21)26)11-12-4-3-5-13(10-12)25-9-8-17(22)23/h1-7,10-11H,8-9H2,(H,22,23)/b16-11+. The number of amides is 1. The van der Waals surface area contributed by atoms with Crippen molar-refractivity contribution in [2.45, 2.75) is 6.42 Å². The number of ether oxygens (including phenoxy) is 1. The molecule has 0 radical (unpaired) electrons. The van der Waals surface area contributed by atoms with Crippen LogP contribution in [-0.4, -0.2) is 27.9 Å². The fraction of sp³-hybridized carbons (Fsp3) is 0.105. The zero-order valence-corrected chi connectivity index (χ0v) is 17.1. The molecule has 138 valence electrons. The second-order valence-electron chi connectivity index (χ2n) is 5.53. The predicted molar refractivity (Wildman–Crippen MR) is 114 cm³/mol. The highest BCUT2D eigenvalue weighted by Gasteiger charge is 2.34. The first-order valence-corrected chi connectivity index (χ1v) is 9.94. The SMILES string of the molecule is O=C(O)CCOc1cccc(/C=C2/SC(=S)N(c3ccccc3Br)C2=O)c1. The molecule has 0 unspecified atom stereocenters. The monoisotopic (exact) mass is 463 g/mol. The lowest BCUT2D eigenvalue weighted by atomic mass is 10.2. The van der Waals surface area contributed by atoms with Crippen LogP contribution >= 0.6 is 39.9 Å². The second-order valence-corrected chi connectivity index (χ2v) is 8.06. The number of carbonyl (C=O) groups is 2. The molecule has 0 aromatic heterocycles. The van der Waals surface area contributed by atoms with Gasteiger partial charge in [-0.15, -0.1) is 0 Å². The topological polar surface area (TPSA) is 66.8 Å².